The fraction of sp³-hybridized carbons (Fsp3) is 0.476. The molecule has 1 aromatic heterocycles. The van der Waals surface area contributed by atoms with Crippen LogP contribution in [-0.2, 0) is 11.2 Å². The van der Waals surface area contributed by atoms with E-state index in [1.807, 2.05) is 30.1 Å². The molecule has 0 spiro atoms. The van der Waals surface area contributed by atoms with Gasteiger partial charge in [0.05, 0.1) is 26.3 Å². The predicted octanol–water partition coefficient (Wildman–Crippen LogP) is 2.41. The highest BCUT2D eigenvalue weighted by molar-refractivity contribution is 5.79. The van der Waals surface area contributed by atoms with Crippen molar-refractivity contribution in [1.82, 2.24) is 14.9 Å². The summed E-state index contributed by atoms with van der Waals surface area (Å²) < 4.78 is 10.6. The summed E-state index contributed by atoms with van der Waals surface area (Å²) in [7, 11) is 5.13. The number of ether oxygens (including phenoxy) is 2. The first-order chi connectivity index (χ1) is 13.6. The van der Waals surface area contributed by atoms with E-state index in [0.29, 0.717) is 24.6 Å². The Bertz CT molecular complexity index is 784. The van der Waals surface area contributed by atoms with Crippen LogP contribution in [0.15, 0.2) is 36.8 Å². The summed E-state index contributed by atoms with van der Waals surface area (Å²) in [5.41, 5.74) is 1.11. The van der Waals surface area contributed by atoms with Gasteiger partial charge in [-0.3, -0.25) is 9.78 Å². The number of hydrogen-bond donors (Lipinski definition) is 0. The zero-order chi connectivity index (χ0) is 19.9. The Hall–Kier alpha value is -2.83. The van der Waals surface area contributed by atoms with Gasteiger partial charge in [-0.25, -0.2) is 4.98 Å². The second-order valence-electron chi connectivity index (χ2n) is 7.05. The standard InChI is InChI=1S/C21H28N4O3/c1-24(12-8-16-6-7-18(27-2)19(13-16)28-3)21(26)17-5-4-11-25(15-17)20-14-22-9-10-23-20/h6-7,9-10,13-14,17H,4-5,8,11-12,15H2,1-3H3/t17-/m0/s1. The zero-order valence-electron chi connectivity index (χ0n) is 16.8. The number of hydrogen-bond acceptors (Lipinski definition) is 6. The number of likely N-dealkylation sites (N-methyl/N-ethyl adjacent to an activating group) is 1. The molecule has 0 saturated carbocycles. The number of carbonyl (C=O) groups excluding carboxylic acids is 1. The predicted molar refractivity (Wildman–Crippen MR) is 108 cm³/mol. The first-order valence-corrected chi connectivity index (χ1v) is 9.59. The van der Waals surface area contributed by atoms with Crippen LogP contribution in [0.1, 0.15) is 18.4 Å². The van der Waals surface area contributed by atoms with Gasteiger partial charge in [0.2, 0.25) is 5.91 Å². The Morgan fingerprint density at radius 3 is 2.79 bits per heavy atom. The molecule has 1 fully saturated rings. The van der Waals surface area contributed by atoms with Gasteiger partial charge in [0.15, 0.2) is 11.5 Å². The number of carbonyl (C=O) groups is 1. The van der Waals surface area contributed by atoms with Crippen molar-refractivity contribution in [2.75, 3.05) is 45.8 Å². The van der Waals surface area contributed by atoms with Crippen LogP contribution in [-0.4, -0.2) is 61.7 Å². The molecule has 7 nitrogen and oxygen atoms in total. The molecule has 28 heavy (non-hydrogen) atoms. The highest BCUT2D eigenvalue weighted by Crippen LogP contribution is 2.28. The summed E-state index contributed by atoms with van der Waals surface area (Å²) in [5, 5.41) is 0. The fourth-order valence-electron chi connectivity index (χ4n) is 3.60. The van der Waals surface area contributed by atoms with Crippen molar-refractivity contribution in [3.05, 3.63) is 42.4 Å². The number of methoxy groups -OCH3 is 2. The third kappa shape index (κ3) is 4.71. The van der Waals surface area contributed by atoms with Crippen molar-refractivity contribution in [1.29, 1.82) is 0 Å². The van der Waals surface area contributed by atoms with Gasteiger partial charge in [0, 0.05) is 39.1 Å². The maximum absolute atomic E-state index is 12.9. The first-order valence-electron chi connectivity index (χ1n) is 9.59. The lowest BCUT2D eigenvalue weighted by atomic mass is 9.96. The first kappa shape index (κ1) is 19.9. The molecule has 3 rings (SSSR count). The third-order valence-electron chi connectivity index (χ3n) is 5.20. The topological polar surface area (TPSA) is 67.8 Å². The number of amides is 1. The molecule has 1 atom stereocenters. The van der Waals surface area contributed by atoms with Gasteiger partial charge in [0.25, 0.3) is 0 Å². The molecule has 0 unspecified atom stereocenters. The van der Waals surface area contributed by atoms with Crippen molar-refractivity contribution in [2.45, 2.75) is 19.3 Å². The Labute approximate surface area is 166 Å². The van der Waals surface area contributed by atoms with E-state index in [1.165, 1.54) is 0 Å². The van der Waals surface area contributed by atoms with E-state index < -0.39 is 0 Å². The van der Waals surface area contributed by atoms with Crippen molar-refractivity contribution in [3.63, 3.8) is 0 Å². The lowest BCUT2D eigenvalue weighted by molar-refractivity contribution is -0.134. The van der Waals surface area contributed by atoms with Crippen LogP contribution in [0.5, 0.6) is 11.5 Å². The van der Waals surface area contributed by atoms with Gasteiger partial charge in [-0.2, -0.15) is 0 Å². The van der Waals surface area contributed by atoms with E-state index >= 15 is 0 Å². The summed E-state index contributed by atoms with van der Waals surface area (Å²) in [5.74, 6) is 2.44. The fourth-order valence-corrected chi connectivity index (χ4v) is 3.60. The maximum Gasteiger partial charge on any atom is 0.227 e. The summed E-state index contributed by atoms with van der Waals surface area (Å²) in [6.07, 6.45) is 7.78. The number of piperidine rings is 1. The minimum Gasteiger partial charge on any atom is -0.493 e. The Balaban J connectivity index is 1.57. The molecule has 150 valence electrons. The summed E-state index contributed by atoms with van der Waals surface area (Å²) >= 11 is 0. The van der Waals surface area contributed by atoms with Gasteiger partial charge in [-0.15, -0.1) is 0 Å². The van der Waals surface area contributed by atoms with Gasteiger partial charge >= 0.3 is 0 Å². The van der Waals surface area contributed by atoms with Crippen LogP contribution in [0.3, 0.4) is 0 Å². The smallest absolute Gasteiger partial charge is 0.227 e. The molecule has 1 aliphatic rings. The normalized spacial score (nSPS) is 16.5. The van der Waals surface area contributed by atoms with Crippen LogP contribution >= 0.6 is 0 Å². The molecule has 0 bridgehead atoms. The quantitative estimate of drug-likeness (QED) is 0.730. The average Bonchev–Trinajstić information content (AvgIpc) is 2.77. The average molecular weight is 384 g/mol. The van der Waals surface area contributed by atoms with E-state index in [4.69, 9.17) is 9.47 Å². The molecular weight excluding hydrogens is 356 g/mol. The minimum atomic E-state index is -0.00819. The Kier molecular flexibility index (Phi) is 6.68. The van der Waals surface area contributed by atoms with Crippen molar-refractivity contribution < 1.29 is 14.3 Å². The molecule has 7 heteroatoms. The number of anilines is 1. The van der Waals surface area contributed by atoms with Gasteiger partial charge in [0.1, 0.15) is 5.82 Å². The van der Waals surface area contributed by atoms with E-state index in [9.17, 15) is 4.79 Å². The van der Waals surface area contributed by atoms with Crippen molar-refractivity contribution in [3.8, 4) is 11.5 Å². The Morgan fingerprint density at radius 2 is 2.07 bits per heavy atom. The van der Waals surface area contributed by atoms with Crippen LogP contribution in [0.4, 0.5) is 5.82 Å². The molecular formula is C21H28N4O3. The summed E-state index contributed by atoms with van der Waals surface area (Å²) in [4.78, 5) is 25.4. The van der Waals surface area contributed by atoms with Crippen molar-refractivity contribution in [2.24, 2.45) is 5.92 Å². The highest BCUT2D eigenvalue weighted by atomic mass is 16.5. The largest absolute Gasteiger partial charge is 0.493 e. The van der Waals surface area contributed by atoms with E-state index in [0.717, 1.165) is 37.2 Å². The molecule has 1 aromatic carbocycles. The molecule has 2 heterocycles. The number of aromatic nitrogens is 2. The van der Waals surface area contributed by atoms with E-state index in [1.54, 1.807) is 32.8 Å². The lowest BCUT2D eigenvalue weighted by Gasteiger charge is -2.34. The monoisotopic (exact) mass is 384 g/mol. The minimum absolute atomic E-state index is 0.00819. The van der Waals surface area contributed by atoms with Crippen LogP contribution < -0.4 is 14.4 Å². The second kappa shape index (κ2) is 9.39. The summed E-state index contributed by atoms with van der Waals surface area (Å²) in [6.45, 7) is 2.27. The molecule has 0 radical (unpaired) electrons. The third-order valence-corrected chi connectivity index (χ3v) is 5.20. The number of nitrogens with zero attached hydrogens (tertiary/aromatic N) is 4. The Morgan fingerprint density at radius 1 is 1.25 bits per heavy atom. The number of benzene rings is 1. The SMILES string of the molecule is COc1ccc(CCN(C)C(=O)[C@H]2CCCN(c3cnccn3)C2)cc1OC. The van der Waals surface area contributed by atoms with Gasteiger partial charge in [-0.05, 0) is 37.0 Å². The maximum atomic E-state index is 12.9. The zero-order valence-corrected chi connectivity index (χ0v) is 16.8. The summed E-state index contributed by atoms with van der Waals surface area (Å²) in [6, 6.07) is 5.87. The highest BCUT2D eigenvalue weighted by Gasteiger charge is 2.28. The number of rotatable bonds is 7. The van der Waals surface area contributed by atoms with Gasteiger partial charge in [-0.1, -0.05) is 6.07 Å². The van der Waals surface area contributed by atoms with Crippen LogP contribution in [0.25, 0.3) is 0 Å². The van der Waals surface area contributed by atoms with Crippen LogP contribution in [0, 0.1) is 5.92 Å². The van der Waals surface area contributed by atoms with Crippen LogP contribution in [0.2, 0.25) is 0 Å². The van der Waals surface area contributed by atoms with E-state index in [-0.39, 0.29) is 11.8 Å². The van der Waals surface area contributed by atoms with Gasteiger partial charge < -0.3 is 19.3 Å². The molecule has 0 aliphatic carbocycles. The van der Waals surface area contributed by atoms with E-state index in [2.05, 4.69) is 14.9 Å². The lowest BCUT2D eigenvalue weighted by Crippen LogP contribution is -2.44. The molecule has 1 aliphatic heterocycles. The molecule has 1 amide bonds. The van der Waals surface area contributed by atoms with Crippen molar-refractivity contribution >= 4 is 11.7 Å². The molecule has 0 N–H and O–H groups in total. The molecule has 1 saturated heterocycles. The molecule has 2 aromatic rings. The second-order valence-corrected chi connectivity index (χ2v) is 7.05.